The minimum absolute atomic E-state index is 0.0327. The molecule has 1 heterocycles. The predicted molar refractivity (Wildman–Crippen MR) is 74.1 cm³/mol. The zero-order valence-corrected chi connectivity index (χ0v) is 12.9. The van der Waals surface area contributed by atoms with Crippen LogP contribution in [0.15, 0.2) is 16.3 Å². The van der Waals surface area contributed by atoms with Gasteiger partial charge in [-0.15, -0.1) is 11.3 Å². The Bertz CT molecular complexity index is 479. The van der Waals surface area contributed by atoms with Gasteiger partial charge in [0.2, 0.25) is 0 Å². The van der Waals surface area contributed by atoms with Gasteiger partial charge in [-0.2, -0.15) is 4.31 Å². The first-order valence-electron chi connectivity index (χ1n) is 5.96. The number of sulfonamides is 1. The lowest BCUT2D eigenvalue weighted by Crippen LogP contribution is -2.35. The maximum Gasteiger partial charge on any atom is 0.252 e. The van der Waals surface area contributed by atoms with E-state index in [4.69, 9.17) is 5.11 Å². The van der Waals surface area contributed by atoms with Gasteiger partial charge >= 0.3 is 0 Å². The minimum Gasteiger partial charge on any atom is -0.391 e. The second-order valence-electron chi connectivity index (χ2n) is 4.88. The van der Waals surface area contributed by atoms with Gasteiger partial charge in [-0.3, -0.25) is 0 Å². The van der Waals surface area contributed by atoms with Gasteiger partial charge in [0.15, 0.2) is 0 Å². The van der Waals surface area contributed by atoms with Crippen molar-refractivity contribution in [3.8, 4) is 0 Å². The number of nitrogens with zero attached hydrogens (tertiary/aromatic N) is 1. The predicted octanol–water partition coefficient (Wildman–Crippen LogP) is 2.30. The fourth-order valence-corrected chi connectivity index (χ4v) is 4.57. The molecule has 1 rings (SSSR count). The van der Waals surface area contributed by atoms with E-state index >= 15 is 0 Å². The third-order valence-corrected chi connectivity index (χ3v) is 6.37. The van der Waals surface area contributed by atoms with Crippen molar-refractivity contribution in [2.45, 2.75) is 44.0 Å². The fraction of sp³-hybridized carbons (Fsp3) is 0.667. The minimum atomic E-state index is -3.43. The molecular formula is C12H21NO3S2. The molecule has 0 saturated heterocycles. The van der Waals surface area contributed by atoms with Crippen LogP contribution >= 0.6 is 11.3 Å². The van der Waals surface area contributed by atoms with Gasteiger partial charge in [0.05, 0.1) is 6.61 Å². The molecule has 0 radical (unpaired) electrons. The Morgan fingerprint density at radius 2 is 1.94 bits per heavy atom. The Balaban J connectivity index is 2.92. The van der Waals surface area contributed by atoms with Crippen molar-refractivity contribution in [3.05, 3.63) is 17.0 Å². The van der Waals surface area contributed by atoms with Crippen molar-refractivity contribution in [1.82, 2.24) is 4.31 Å². The lowest BCUT2D eigenvalue weighted by molar-refractivity contribution is 0.285. The number of aliphatic hydroxyl groups excluding tert-OH is 1. The Hall–Kier alpha value is -0.430. The van der Waals surface area contributed by atoms with Gasteiger partial charge < -0.3 is 5.11 Å². The first-order chi connectivity index (χ1) is 8.28. The van der Waals surface area contributed by atoms with Crippen molar-refractivity contribution < 1.29 is 13.5 Å². The highest BCUT2D eigenvalue weighted by Gasteiger charge is 2.27. The molecule has 6 heteroatoms. The summed E-state index contributed by atoms with van der Waals surface area (Å²) in [6.07, 6.45) is 0.827. The van der Waals surface area contributed by atoms with E-state index in [-0.39, 0.29) is 12.6 Å². The van der Waals surface area contributed by atoms with Gasteiger partial charge in [-0.05, 0) is 31.4 Å². The molecule has 0 aliphatic rings. The highest BCUT2D eigenvalue weighted by Crippen LogP contribution is 2.26. The molecule has 0 bridgehead atoms. The van der Waals surface area contributed by atoms with E-state index < -0.39 is 10.0 Å². The topological polar surface area (TPSA) is 57.6 Å². The highest BCUT2D eigenvalue weighted by atomic mass is 32.2. The summed E-state index contributed by atoms with van der Waals surface area (Å²) in [6.45, 7) is 5.95. The van der Waals surface area contributed by atoms with Crippen LogP contribution in [0.5, 0.6) is 0 Å². The van der Waals surface area contributed by atoms with E-state index in [0.717, 1.165) is 17.8 Å². The Labute approximate surface area is 113 Å². The summed E-state index contributed by atoms with van der Waals surface area (Å²) in [5.41, 5.74) is 0. The van der Waals surface area contributed by atoms with E-state index in [1.165, 1.54) is 4.31 Å². The molecule has 4 nitrogen and oxygen atoms in total. The van der Waals surface area contributed by atoms with Gasteiger partial charge in [-0.1, -0.05) is 13.8 Å². The zero-order valence-electron chi connectivity index (χ0n) is 11.3. The van der Waals surface area contributed by atoms with Crippen LogP contribution in [0.3, 0.4) is 0 Å². The molecule has 1 aromatic rings. The average molecular weight is 291 g/mol. The fourth-order valence-electron chi connectivity index (χ4n) is 1.79. The summed E-state index contributed by atoms with van der Waals surface area (Å²) in [5, 5.41) is 8.99. The van der Waals surface area contributed by atoms with Crippen LogP contribution < -0.4 is 0 Å². The smallest absolute Gasteiger partial charge is 0.252 e. The van der Waals surface area contributed by atoms with E-state index in [0.29, 0.717) is 15.0 Å². The van der Waals surface area contributed by atoms with Crippen LogP contribution in [-0.4, -0.2) is 30.9 Å². The third kappa shape index (κ3) is 3.54. The monoisotopic (exact) mass is 291 g/mol. The van der Waals surface area contributed by atoms with Crippen LogP contribution in [0.1, 0.15) is 32.1 Å². The summed E-state index contributed by atoms with van der Waals surface area (Å²) in [7, 11) is -1.82. The van der Waals surface area contributed by atoms with Gasteiger partial charge in [0.1, 0.15) is 4.21 Å². The molecule has 0 saturated carbocycles. The highest BCUT2D eigenvalue weighted by molar-refractivity contribution is 7.91. The van der Waals surface area contributed by atoms with Crippen molar-refractivity contribution in [2.75, 3.05) is 7.05 Å². The average Bonchev–Trinajstić information content (AvgIpc) is 2.76. The molecule has 104 valence electrons. The van der Waals surface area contributed by atoms with Crippen LogP contribution in [-0.2, 0) is 16.6 Å². The molecule has 0 aromatic carbocycles. The zero-order chi connectivity index (χ0) is 13.9. The Morgan fingerprint density at radius 1 is 1.33 bits per heavy atom. The summed E-state index contributed by atoms with van der Waals surface area (Å²) >= 11 is 1.12. The van der Waals surface area contributed by atoms with Crippen LogP contribution in [0.2, 0.25) is 0 Å². The molecule has 0 amide bonds. The standard InChI is InChI=1S/C12H21NO3S2/c1-9(2)7-10(3)13(4)18(15,16)12-6-5-11(8-14)17-12/h5-6,9-10,14H,7-8H2,1-4H3. The van der Waals surface area contributed by atoms with Crippen molar-refractivity contribution in [2.24, 2.45) is 5.92 Å². The molecule has 0 aliphatic heterocycles. The number of thiophene rings is 1. The number of aliphatic hydroxyl groups is 1. The molecule has 18 heavy (non-hydrogen) atoms. The maximum absolute atomic E-state index is 12.3. The summed E-state index contributed by atoms with van der Waals surface area (Å²) < 4.78 is 26.4. The molecular weight excluding hydrogens is 270 g/mol. The lowest BCUT2D eigenvalue weighted by Gasteiger charge is -2.24. The largest absolute Gasteiger partial charge is 0.391 e. The molecule has 1 unspecified atom stereocenters. The first kappa shape index (κ1) is 15.6. The van der Waals surface area contributed by atoms with Crippen LogP contribution in [0, 0.1) is 5.92 Å². The van der Waals surface area contributed by atoms with Crippen molar-refractivity contribution >= 4 is 21.4 Å². The van der Waals surface area contributed by atoms with E-state index in [9.17, 15) is 8.42 Å². The first-order valence-corrected chi connectivity index (χ1v) is 8.22. The van der Waals surface area contributed by atoms with Crippen LogP contribution in [0.4, 0.5) is 0 Å². The number of rotatable bonds is 6. The van der Waals surface area contributed by atoms with Gasteiger partial charge in [0.25, 0.3) is 10.0 Å². The second-order valence-corrected chi connectivity index (χ2v) is 8.27. The lowest BCUT2D eigenvalue weighted by atomic mass is 10.1. The summed E-state index contributed by atoms with van der Waals surface area (Å²) in [6, 6.07) is 3.18. The molecule has 1 atom stereocenters. The number of hydrogen-bond donors (Lipinski definition) is 1. The van der Waals surface area contributed by atoms with Gasteiger partial charge in [-0.25, -0.2) is 8.42 Å². The summed E-state index contributed by atoms with van der Waals surface area (Å²) in [5.74, 6) is 0.453. The molecule has 1 aromatic heterocycles. The Morgan fingerprint density at radius 3 is 2.39 bits per heavy atom. The second kappa shape index (κ2) is 6.14. The van der Waals surface area contributed by atoms with E-state index in [1.54, 1.807) is 19.2 Å². The van der Waals surface area contributed by atoms with Crippen LogP contribution in [0.25, 0.3) is 0 Å². The quantitative estimate of drug-likeness (QED) is 0.875. The number of hydrogen-bond acceptors (Lipinski definition) is 4. The third-order valence-electron chi connectivity index (χ3n) is 2.86. The molecule has 1 N–H and O–H groups in total. The van der Waals surface area contributed by atoms with E-state index in [1.807, 2.05) is 6.92 Å². The normalized spacial score (nSPS) is 14.4. The van der Waals surface area contributed by atoms with Gasteiger partial charge in [0, 0.05) is 18.0 Å². The molecule has 0 aliphatic carbocycles. The Kier molecular flexibility index (Phi) is 5.33. The van der Waals surface area contributed by atoms with Crippen molar-refractivity contribution in [1.29, 1.82) is 0 Å². The molecule has 0 fully saturated rings. The SMILES string of the molecule is CC(C)CC(C)N(C)S(=O)(=O)c1ccc(CO)s1. The van der Waals surface area contributed by atoms with Crippen molar-refractivity contribution in [3.63, 3.8) is 0 Å². The molecule has 0 spiro atoms. The summed E-state index contributed by atoms with van der Waals surface area (Å²) in [4.78, 5) is 0.665. The maximum atomic E-state index is 12.3. The van der Waals surface area contributed by atoms with E-state index in [2.05, 4.69) is 13.8 Å².